The van der Waals surface area contributed by atoms with Crippen LogP contribution in [-0.2, 0) is 21.4 Å². The van der Waals surface area contributed by atoms with Gasteiger partial charge in [0, 0.05) is 19.5 Å². The lowest BCUT2D eigenvalue weighted by atomic mass is 10.1. The van der Waals surface area contributed by atoms with Crippen LogP contribution in [0.4, 0.5) is 5.69 Å². The van der Waals surface area contributed by atoms with E-state index in [1.807, 2.05) is 0 Å². The number of carboxylic acid groups (broad SMARTS) is 1. The van der Waals surface area contributed by atoms with Gasteiger partial charge < -0.3 is 5.11 Å². The van der Waals surface area contributed by atoms with Gasteiger partial charge in [-0.3, -0.25) is 0 Å². The molecule has 1 aromatic rings. The van der Waals surface area contributed by atoms with Gasteiger partial charge in [0.05, 0.1) is 5.69 Å². The zero-order valence-corrected chi connectivity index (χ0v) is 12.5. The Bertz CT molecular complexity index is 627. The first-order valence-electron chi connectivity index (χ1n) is 6.35. The summed E-state index contributed by atoms with van der Waals surface area (Å²) in [6.45, 7) is 3.49. The normalized spacial score (nSPS) is 18.6. The number of aliphatic carboxylic acids is 1. The highest BCUT2D eigenvalue weighted by atomic mass is 32.2. The minimum atomic E-state index is -3.86. The molecular formula is C13H18N2O4S. The molecule has 1 aromatic carbocycles. The number of nitrogens with zero attached hydrogens (tertiary/aromatic N) is 2. The molecule has 0 spiro atoms. The molecule has 0 fully saturated rings. The number of hydrogen-bond acceptors (Lipinski definition) is 3. The van der Waals surface area contributed by atoms with Gasteiger partial charge in [0.2, 0.25) is 0 Å². The minimum absolute atomic E-state index is 0.191. The Kier molecular flexibility index (Phi) is 3.75. The summed E-state index contributed by atoms with van der Waals surface area (Å²) in [5.74, 6) is -1.14. The third-order valence-electron chi connectivity index (χ3n) is 3.55. The zero-order chi connectivity index (χ0) is 15.1. The predicted molar refractivity (Wildman–Crippen MR) is 75.9 cm³/mol. The van der Waals surface area contributed by atoms with Gasteiger partial charge in [-0.05, 0) is 25.5 Å². The number of para-hydroxylation sites is 1. The maximum atomic E-state index is 12.6. The van der Waals surface area contributed by atoms with E-state index in [4.69, 9.17) is 0 Å². The molecule has 0 aromatic heterocycles. The van der Waals surface area contributed by atoms with Crippen molar-refractivity contribution >= 4 is 21.9 Å². The molecule has 0 aliphatic carbocycles. The van der Waals surface area contributed by atoms with Crippen molar-refractivity contribution in [2.45, 2.75) is 32.4 Å². The summed E-state index contributed by atoms with van der Waals surface area (Å²) in [6.07, 6.45) is 0.191. The SMILES string of the molecule is CC(C)N(C)S(=O)(=O)N1c2ccccc2CC1C(=O)O. The molecule has 0 saturated heterocycles. The number of rotatable bonds is 4. The Morgan fingerprint density at radius 2 is 2.00 bits per heavy atom. The summed E-state index contributed by atoms with van der Waals surface area (Å²) >= 11 is 0. The zero-order valence-electron chi connectivity index (χ0n) is 11.6. The highest BCUT2D eigenvalue weighted by Gasteiger charge is 2.43. The monoisotopic (exact) mass is 298 g/mol. The van der Waals surface area contributed by atoms with Crippen LogP contribution < -0.4 is 4.31 Å². The number of carboxylic acids is 1. The fraction of sp³-hybridized carbons (Fsp3) is 0.462. The van der Waals surface area contributed by atoms with E-state index in [2.05, 4.69) is 0 Å². The van der Waals surface area contributed by atoms with Crippen molar-refractivity contribution in [3.63, 3.8) is 0 Å². The molecule has 20 heavy (non-hydrogen) atoms. The molecule has 2 rings (SSSR count). The van der Waals surface area contributed by atoms with Gasteiger partial charge >= 0.3 is 16.2 Å². The number of anilines is 1. The Balaban J connectivity index is 2.54. The summed E-state index contributed by atoms with van der Waals surface area (Å²) in [5.41, 5.74) is 1.19. The summed E-state index contributed by atoms with van der Waals surface area (Å²) in [7, 11) is -2.40. The number of carbonyl (C=O) groups is 1. The van der Waals surface area contributed by atoms with Crippen LogP contribution in [0.5, 0.6) is 0 Å². The molecule has 6 nitrogen and oxygen atoms in total. The molecular weight excluding hydrogens is 280 g/mol. The van der Waals surface area contributed by atoms with Crippen molar-refractivity contribution in [3.8, 4) is 0 Å². The molecule has 1 heterocycles. The van der Waals surface area contributed by atoms with Crippen molar-refractivity contribution in [1.82, 2.24) is 4.31 Å². The average Bonchev–Trinajstić information content (AvgIpc) is 2.77. The maximum Gasteiger partial charge on any atom is 0.327 e. The van der Waals surface area contributed by atoms with Crippen molar-refractivity contribution in [3.05, 3.63) is 29.8 Å². The van der Waals surface area contributed by atoms with Gasteiger partial charge in [-0.15, -0.1) is 0 Å². The van der Waals surface area contributed by atoms with Gasteiger partial charge in [-0.2, -0.15) is 12.7 Å². The van der Waals surface area contributed by atoms with E-state index in [9.17, 15) is 18.3 Å². The maximum absolute atomic E-state index is 12.6. The second-order valence-corrected chi connectivity index (χ2v) is 6.97. The fourth-order valence-corrected chi connectivity index (χ4v) is 3.96. The lowest BCUT2D eigenvalue weighted by molar-refractivity contribution is -0.138. The lowest BCUT2D eigenvalue weighted by Crippen LogP contribution is -2.50. The largest absolute Gasteiger partial charge is 0.480 e. The predicted octanol–water partition coefficient (Wildman–Crippen LogP) is 1.09. The van der Waals surface area contributed by atoms with Gasteiger partial charge in [-0.1, -0.05) is 18.2 Å². The molecule has 1 aliphatic heterocycles. The van der Waals surface area contributed by atoms with E-state index >= 15 is 0 Å². The first kappa shape index (κ1) is 14.8. The van der Waals surface area contributed by atoms with Crippen molar-refractivity contribution in [2.24, 2.45) is 0 Å². The second kappa shape index (κ2) is 5.06. The van der Waals surface area contributed by atoms with Crippen LogP contribution in [0.15, 0.2) is 24.3 Å². The van der Waals surface area contributed by atoms with Crippen LogP contribution in [0.2, 0.25) is 0 Å². The lowest BCUT2D eigenvalue weighted by Gasteiger charge is -2.31. The Morgan fingerprint density at radius 1 is 1.40 bits per heavy atom. The summed E-state index contributed by atoms with van der Waals surface area (Å²) in [4.78, 5) is 11.4. The molecule has 1 atom stereocenters. The van der Waals surface area contributed by atoms with Crippen LogP contribution in [0.25, 0.3) is 0 Å². The Labute approximate surface area is 118 Å². The molecule has 1 unspecified atom stereocenters. The molecule has 0 bridgehead atoms. The van der Waals surface area contributed by atoms with Gasteiger partial charge in [0.25, 0.3) is 0 Å². The molecule has 0 radical (unpaired) electrons. The van der Waals surface area contributed by atoms with Gasteiger partial charge in [-0.25, -0.2) is 9.10 Å². The molecule has 7 heteroatoms. The Morgan fingerprint density at radius 3 is 2.55 bits per heavy atom. The third kappa shape index (κ3) is 2.27. The van der Waals surface area contributed by atoms with Crippen molar-refractivity contribution < 1.29 is 18.3 Å². The van der Waals surface area contributed by atoms with Gasteiger partial charge in [0.1, 0.15) is 6.04 Å². The number of fused-ring (bicyclic) bond motifs is 1. The van der Waals surface area contributed by atoms with Crippen LogP contribution in [0, 0.1) is 0 Å². The van der Waals surface area contributed by atoms with Crippen LogP contribution in [0.3, 0.4) is 0 Å². The number of hydrogen-bond donors (Lipinski definition) is 1. The fourth-order valence-electron chi connectivity index (χ4n) is 2.24. The standard InChI is InChI=1S/C13H18N2O4S/c1-9(2)14(3)20(18,19)15-11-7-5-4-6-10(11)8-12(15)13(16)17/h4-7,9,12H,8H2,1-3H3,(H,16,17). The van der Waals surface area contributed by atoms with Crippen molar-refractivity contribution in [1.29, 1.82) is 0 Å². The summed E-state index contributed by atoms with van der Waals surface area (Å²) < 4.78 is 27.5. The minimum Gasteiger partial charge on any atom is -0.480 e. The van der Waals surface area contributed by atoms with Crippen LogP contribution in [0.1, 0.15) is 19.4 Å². The quantitative estimate of drug-likeness (QED) is 0.902. The van der Waals surface area contributed by atoms with Crippen LogP contribution >= 0.6 is 0 Å². The molecule has 110 valence electrons. The average molecular weight is 298 g/mol. The van der Waals surface area contributed by atoms with Crippen molar-refractivity contribution in [2.75, 3.05) is 11.4 Å². The van der Waals surface area contributed by atoms with E-state index in [1.165, 1.54) is 11.4 Å². The van der Waals surface area contributed by atoms with Gasteiger partial charge in [0.15, 0.2) is 0 Å². The molecule has 1 N–H and O–H groups in total. The van der Waals surface area contributed by atoms with E-state index in [0.717, 1.165) is 9.87 Å². The third-order valence-corrected chi connectivity index (χ3v) is 5.65. The highest BCUT2D eigenvalue weighted by molar-refractivity contribution is 7.90. The van der Waals surface area contributed by atoms with Crippen LogP contribution in [-0.4, -0.2) is 42.9 Å². The second-order valence-electron chi connectivity index (χ2n) is 5.10. The molecule has 0 saturated carbocycles. The summed E-state index contributed by atoms with van der Waals surface area (Å²) in [5, 5.41) is 9.31. The van der Waals surface area contributed by atoms with E-state index in [0.29, 0.717) is 5.69 Å². The molecule has 1 aliphatic rings. The first-order valence-corrected chi connectivity index (χ1v) is 7.74. The van der Waals surface area contributed by atoms with E-state index in [1.54, 1.807) is 38.1 Å². The molecule has 0 amide bonds. The number of benzene rings is 1. The highest BCUT2D eigenvalue weighted by Crippen LogP contribution is 2.35. The van der Waals surface area contributed by atoms with E-state index < -0.39 is 22.2 Å². The topological polar surface area (TPSA) is 77.9 Å². The Hall–Kier alpha value is -1.60. The smallest absolute Gasteiger partial charge is 0.327 e. The first-order chi connectivity index (χ1) is 9.26. The summed E-state index contributed by atoms with van der Waals surface area (Å²) in [6, 6.07) is 5.56. The van der Waals surface area contributed by atoms with E-state index in [-0.39, 0.29) is 12.5 Å².